The lowest BCUT2D eigenvalue weighted by atomic mass is 9.99. The Bertz CT molecular complexity index is 1460. The lowest BCUT2D eigenvalue weighted by Crippen LogP contribution is -2.25. The number of amides is 1. The third-order valence-electron chi connectivity index (χ3n) is 7.15. The van der Waals surface area contributed by atoms with Gasteiger partial charge >= 0.3 is 0 Å². The van der Waals surface area contributed by atoms with Crippen molar-refractivity contribution in [2.24, 2.45) is 0 Å². The Morgan fingerprint density at radius 1 is 1.16 bits per heavy atom. The van der Waals surface area contributed by atoms with Gasteiger partial charge in [0.25, 0.3) is 5.91 Å². The van der Waals surface area contributed by atoms with Crippen molar-refractivity contribution in [3.05, 3.63) is 101 Å². The lowest BCUT2D eigenvalue weighted by Gasteiger charge is -2.17. The molecule has 0 bridgehead atoms. The molecule has 2 aliphatic rings. The summed E-state index contributed by atoms with van der Waals surface area (Å²) in [5.41, 5.74) is 6.60. The van der Waals surface area contributed by atoms with E-state index in [1.54, 1.807) is 37.5 Å². The fourth-order valence-electron chi connectivity index (χ4n) is 4.18. The van der Waals surface area contributed by atoms with E-state index >= 15 is 0 Å². The molecule has 0 saturated heterocycles. The minimum absolute atomic E-state index is 0.182. The molecule has 0 aromatic heterocycles. The molecule has 1 aliphatic heterocycles. The summed E-state index contributed by atoms with van der Waals surface area (Å²) in [5, 5.41) is 8.83. The average Bonchev–Trinajstić information content (AvgIpc) is 3.88. The molecule has 45 heavy (non-hydrogen) atoms. The van der Waals surface area contributed by atoms with Gasteiger partial charge in [0.05, 0.1) is 13.2 Å². The summed E-state index contributed by atoms with van der Waals surface area (Å²) < 4.78 is 7.37. The molecular formula is C37H49N4O4+. The summed E-state index contributed by atoms with van der Waals surface area (Å²) in [6, 6.07) is 13.8. The Hall–Kier alpha value is -4.58. The minimum atomic E-state index is -0.689. The minimum Gasteiger partial charge on any atom is -0.496 e. The number of hydrogen-bond acceptors (Lipinski definition) is 6. The number of hydrogen-bond donors (Lipinski definition) is 3. The second kappa shape index (κ2) is 20.4. The van der Waals surface area contributed by atoms with Crippen molar-refractivity contribution in [1.29, 1.82) is 0 Å². The molecule has 8 nitrogen and oxygen atoms in total. The first-order chi connectivity index (χ1) is 21.7. The first-order valence-electron chi connectivity index (χ1n) is 15.1. The van der Waals surface area contributed by atoms with Crippen LogP contribution in [0.5, 0.6) is 0 Å². The largest absolute Gasteiger partial charge is 0.496 e. The second-order valence-corrected chi connectivity index (χ2v) is 10.1. The van der Waals surface area contributed by atoms with Gasteiger partial charge in [0.15, 0.2) is 6.21 Å². The van der Waals surface area contributed by atoms with Gasteiger partial charge < -0.3 is 20.7 Å². The molecule has 1 heterocycles. The Morgan fingerprint density at radius 3 is 2.36 bits per heavy atom. The van der Waals surface area contributed by atoms with E-state index in [-0.39, 0.29) is 18.9 Å². The fourth-order valence-corrected chi connectivity index (χ4v) is 4.18. The Morgan fingerprint density at radius 2 is 1.84 bits per heavy atom. The van der Waals surface area contributed by atoms with E-state index in [9.17, 15) is 14.4 Å². The van der Waals surface area contributed by atoms with Crippen molar-refractivity contribution in [3.63, 3.8) is 0 Å². The number of aldehydes is 2. The Balaban J connectivity index is 0.000000328. The zero-order valence-electron chi connectivity index (χ0n) is 28.0. The van der Waals surface area contributed by atoms with E-state index in [2.05, 4.69) is 77.5 Å². The first-order valence-corrected chi connectivity index (χ1v) is 15.1. The van der Waals surface area contributed by atoms with Gasteiger partial charge in [-0.1, -0.05) is 74.8 Å². The predicted octanol–water partition coefficient (Wildman–Crippen LogP) is 5.20. The number of benzene rings is 2. The maximum atomic E-state index is 10.6. The van der Waals surface area contributed by atoms with Gasteiger partial charge in [-0.2, -0.15) is 4.58 Å². The van der Waals surface area contributed by atoms with Crippen molar-refractivity contribution in [3.8, 4) is 11.8 Å². The normalized spacial score (nSPS) is 14.1. The highest BCUT2D eigenvalue weighted by molar-refractivity contribution is 6.23. The predicted molar refractivity (Wildman–Crippen MR) is 184 cm³/mol. The zero-order chi connectivity index (χ0) is 33.8. The topological polar surface area (TPSA) is 99.5 Å². The van der Waals surface area contributed by atoms with Crippen LogP contribution in [0.4, 0.5) is 5.69 Å². The van der Waals surface area contributed by atoms with E-state index < -0.39 is 5.91 Å². The maximum absolute atomic E-state index is 10.6. The molecule has 1 saturated carbocycles. The molecule has 1 amide bonds. The van der Waals surface area contributed by atoms with Crippen LogP contribution in [-0.4, -0.2) is 63.6 Å². The number of carbonyl (C=O) groups is 3. The van der Waals surface area contributed by atoms with Crippen molar-refractivity contribution in [1.82, 2.24) is 16.0 Å². The van der Waals surface area contributed by atoms with Crippen molar-refractivity contribution in [2.75, 3.05) is 28.3 Å². The van der Waals surface area contributed by atoms with Crippen molar-refractivity contribution >= 4 is 30.4 Å². The van der Waals surface area contributed by atoms with Crippen molar-refractivity contribution < 1.29 is 23.7 Å². The number of fused-ring (bicyclic) bond motifs is 1. The second-order valence-electron chi connectivity index (χ2n) is 10.1. The van der Waals surface area contributed by atoms with Gasteiger partial charge in [-0.05, 0) is 64.1 Å². The Labute approximate surface area is 269 Å². The van der Waals surface area contributed by atoms with Crippen LogP contribution in [0, 0.1) is 11.8 Å². The van der Waals surface area contributed by atoms with E-state index in [1.807, 2.05) is 46.9 Å². The number of nitrogens with one attached hydrogen (secondary N) is 3. The molecule has 4 rings (SSSR count). The van der Waals surface area contributed by atoms with Crippen LogP contribution in [0.2, 0.25) is 0 Å². The maximum Gasteiger partial charge on any atom is 0.284 e. The molecular weight excluding hydrogens is 564 g/mol. The van der Waals surface area contributed by atoms with Gasteiger partial charge in [-0.15, -0.1) is 0 Å². The molecule has 0 spiro atoms. The molecule has 0 radical (unpaired) electrons. The fraction of sp³-hybridized carbons (Fsp3) is 0.351. The summed E-state index contributed by atoms with van der Waals surface area (Å²) in [6.07, 6.45) is 11.0. The van der Waals surface area contributed by atoms with Gasteiger partial charge in [0, 0.05) is 29.3 Å². The number of carbonyl (C=O) groups excluding carboxylic acids is 3. The molecule has 8 heteroatoms. The van der Waals surface area contributed by atoms with Crippen LogP contribution in [-0.2, 0) is 26.4 Å². The van der Waals surface area contributed by atoms with Crippen LogP contribution in [0.15, 0.2) is 78.6 Å². The van der Waals surface area contributed by atoms with Gasteiger partial charge in [-0.3, -0.25) is 14.4 Å². The van der Waals surface area contributed by atoms with E-state index in [0.717, 1.165) is 11.3 Å². The molecule has 2 aromatic carbocycles. The van der Waals surface area contributed by atoms with Crippen LogP contribution in [0.3, 0.4) is 0 Å². The monoisotopic (exact) mass is 613 g/mol. The molecule has 1 unspecified atom stereocenters. The SMILES string of the molecule is C=C/C=C\C(OC)=C(/C)C#CC(C)NC.CC.CNC1(c2ccc3c(c2)C=[N+]3C)CC1.O=CC(=O)NCc1ccccc1C=O. The highest BCUT2D eigenvalue weighted by Crippen LogP contribution is 2.46. The van der Waals surface area contributed by atoms with Crippen LogP contribution in [0.1, 0.15) is 67.6 Å². The molecule has 2 aromatic rings. The molecule has 1 fully saturated rings. The first kappa shape index (κ1) is 38.4. The summed E-state index contributed by atoms with van der Waals surface area (Å²) in [7, 11) is 7.66. The standard InChI is InChI=1S/C13H19NO.C12H15N2.C10H9NO3.C2H6/c1-6-7-8-13(15-5)11(2)9-10-12(3)14-4;1-13-12(5-6-12)10-3-4-11-9(7-10)8-14(11)2;12-6-9-4-2-1-3-8(9)5-11-10(14)7-13;1-2/h6-8,12,14H,1H2,2-5H3;3-4,7-8,13H,5-6H2,1-2H3;1-4,6-7H,5H2,(H,11,14);1-2H3/q;+1;;/b8-7-,13-11-;;;. The van der Waals surface area contributed by atoms with Crippen molar-refractivity contribution in [2.45, 2.75) is 58.7 Å². The van der Waals surface area contributed by atoms with E-state index in [0.29, 0.717) is 23.0 Å². The van der Waals surface area contributed by atoms with Crippen LogP contribution < -0.4 is 16.0 Å². The molecule has 3 N–H and O–H groups in total. The summed E-state index contributed by atoms with van der Waals surface area (Å²) in [6.45, 7) is 11.7. The number of methoxy groups -OCH3 is 1. The van der Waals surface area contributed by atoms with Gasteiger partial charge in [-0.25, -0.2) is 0 Å². The Kier molecular flexibility index (Phi) is 17.4. The highest BCUT2D eigenvalue weighted by Gasteiger charge is 2.43. The number of nitrogens with zero attached hydrogens (tertiary/aromatic N) is 1. The lowest BCUT2D eigenvalue weighted by molar-refractivity contribution is -0.411. The number of allylic oxidation sites excluding steroid dienone is 4. The number of rotatable bonds is 10. The van der Waals surface area contributed by atoms with Gasteiger partial charge in [0.1, 0.15) is 24.7 Å². The number of ether oxygens (including phenoxy) is 1. The smallest absolute Gasteiger partial charge is 0.284 e. The van der Waals surface area contributed by atoms with Crippen LogP contribution >= 0.6 is 0 Å². The average molecular weight is 614 g/mol. The molecule has 1 aliphatic carbocycles. The van der Waals surface area contributed by atoms with Crippen LogP contribution in [0.25, 0.3) is 0 Å². The van der Waals surface area contributed by atoms with Gasteiger partial charge in [0.2, 0.25) is 12.0 Å². The van der Waals surface area contributed by atoms with E-state index in [1.165, 1.54) is 29.7 Å². The molecule has 240 valence electrons. The zero-order valence-corrected chi connectivity index (χ0v) is 28.0. The summed E-state index contributed by atoms with van der Waals surface area (Å²) in [4.78, 5) is 31.2. The molecule has 1 atom stereocenters. The highest BCUT2D eigenvalue weighted by atomic mass is 16.5. The third-order valence-corrected chi connectivity index (χ3v) is 7.15. The summed E-state index contributed by atoms with van der Waals surface area (Å²) >= 11 is 0. The third kappa shape index (κ3) is 12.1. The quantitative estimate of drug-likeness (QED) is 0.0851. The summed E-state index contributed by atoms with van der Waals surface area (Å²) in [5.74, 6) is 6.19. The van der Waals surface area contributed by atoms with E-state index in [4.69, 9.17) is 4.74 Å².